The van der Waals surface area contributed by atoms with Gasteiger partial charge in [-0.15, -0.1) is 0 Å². The number of carbonyl (C=O) groups excluding carboxylic acids is 1. The average molecular weight is 292 g/mol. The first kappa shape index (κ1) is 15.2. The lowest BCUT2D eigenvalue weighted by Gasteiger charge is -2.21. The highest BCUT2D eigenvalue weighted by Gasteiger charge is 2.21. The number of anilines is 1. The highest BCUT2D eigenvalue weighted by molar-refractivity contribution is 5.85. The Balaban J connectivity index is 2.36. The van der Waals surface area contributed by atoms with Crippen molar-refractivity contribution in [3.05, 3.63) is 24.2 Å². The minimum absolute atomic E-state index is 0.264. The zero-order chi connectivity index (χ0) is 15.6. The second-order valence-electron chi connectivity index (χ2n) is 5.66. The monoisotopic (exact) mass is 292 g/mol. The number of methoxy groups -OCH3 is 1. The third-order valence-corrected chi connectivity index (χ3v) is 2.83. The summed E-state index contributed by atoms with van der Waals surface area (Å²) >= 11 is 0. The molecule has 2 aromatic heterocycles. The molecule has 7 nitrogen and oxygen atoms in total. The third-order valence-electron chi connectivity index (χ3n) is 2.83. The van der Waals surface area contributed by atoms with Crippen molar-refractivity contribution in [1.29, 1.82) is 0 Å². The SMILES string of the molecule is CO[C@@H](C)c1c(NC(=O)OC(C)(C)C)cnc2ccnn12. The Morgan fingerprint density at radius 2 is 2.14 bits per heavy atom. The fourth-order valence-electron chi connectivity index (χ4n) is 1.90. The van der Waals surface area contributed by atoms with Crippen LogP contribution in [0.1, 0.15) is 39.5 Å². The summed E-state index contributed by atoms with van der Waals surface area (Å²) in [6, 6.07) is 1.78. The molecule has 1 atom stereocenters. The first-order chi connectivity index (χ1) is 9.81. The summed E-state index contributed by atoms with van der Waals surface area (Å²) in [7, 11) is 1.59. The zero-order valence-electron chi connectivity index (χ0n) is 12.9. The van der Waals surface area contributed by atoms with Gasteiger partial charge in [0.25, 0.3) is 0 Å². The maximum absolute atomic E-state index is 11.9. The molecule has 1 N–H and O–H groups in total. The second-order valence-corrected chi connectivity index (χ2v) is 5.66. The average Bonchev–Trinajstić information content (AvgIpc) is 2.83. The highest BCUT2D eigenvalue weighted by Crippen LogP contribution is 2.25. The molecule has 114 valence electrons. The van der Waals surface area contributed by atoms with Crippen molar-refractivity contribution in [1.82, 2.24) is 14.6 Å². The predicted molar refractivity (Wildman–Crippen MR) is 78.3 cm³/mol. The number of ether oxygens (including phenoxy) is 2. The van der Waals surface area contributed by atoms with Gasteiger partial charge in [0.2, 0.25) is 0 Å². The molecule has 0 radical (unpaired) electrons. The number of rotatable bonds is 3. The summed E-state index contributed by atoms with van der Waals surface area (Å²) in [6.07, 6.45) is 2.41. The quantitative estimate of drug-likeness (QED) is 0.941. The molecule has 0 saturated heterocycles. The summed E-state index contributed by atoms with van der Waals surface area (Å²) in [5.41, 5.74) is 1.33. The van der Waals surface area contributed by atoms with E-state index in [2.05, 4.69) is 15.4 Å². The van der Waals surface area contributed by atoms with Crippen molar-refractivity contribution in [2.75, 3.05) is 12.4 Å². The summed E-state index contributed by atoms with van der Waals surface area (Å²) in [5, 5.41) is 6.91. The molecule has 0 spiro atoms. The highest BCUT2D eigenvalue weighted by atomic mass is 16.6. The van der Waals surface area contributed by atoms with Crippen molar-refractivity contribution in [3.63, 3.8) is 0 Å². The molecular formula is C14H20N4O3. The summed E-state index contributed by atoms with van der Waals surface area (Å²) < 4.78 is 12.3. The first-order valence-electron chi connectivity index (χ1n) is 6.67. The van der Waals surface area contributed by atoms with Gasteiger partial charge in [-0.3, -0.25) is 5.32 Å². The van der Waals surface area contributed by atoms with Crippen LogP contribution >= 0.6 is 0 Å². The fourth-order valence-corrected chi connectivity index (χ4v) is 1.90. The van der Waals surface area contributed by atoms with E-state index >= 15 is 0 Å². The van der Waals surface area contributed by atoms with Gasteiger partial charge in [0, 0.05) is 13.2 Å². The summed E-state index contributed by atoms with van der Waals surface area (Å²) in [6.45, 7) is 7.29. The van der Waals surface area contributed by atoms with Crippen molar-refractivity contribution < 1.29 is 14.3 Å². The standard InChI is InChI=1S/C14H20N4O3/c1-9(20-5)12-10(17-13(19)21-14(2,3)4)8-15-11-6-7-16-18(11)12/h6-9H,1-5H3,(H,17,19)/t9-/m0/s1. The Bertz CT molecular complexity index is 645. The molecule has 7 heteroatoms. The van der Waals surface area contributed by atoms with Crippen LogP contribution in [0.4, 0.5) is 10.5 Å². The van der Waals surface area contributed by atoms with E-state index in [1.54, 1.807) is 50.9 Å². The maximum atomic E-state index is 11.9. The normalized spacial score (nSPS) is 13.2. The molecule has 0 bridgehead atoms. The number of hydrogen-bond donors (Lipinski definition) is 1. The van der Waals surface area contributed by atoms with E-state index in [0.29, 0.717) is 17.0 Å². The third kappa shape index (κ3) is 3.49. The number of aromatic nitrogens is 3. The van der Waals surface area contributed by atoms with Gasteiger partial charge in [-0.1, -0.05) is 0 Å². The van der Waals surface area contributed by atoms with Gasteiger partial charge < -0.3 is 9.47 Å². The van der Waals surface area contributed by atoms with Crippen LogP contribution in [0.15, 0.2) is 18.5 Å². The van der Waals surface area contributed by atoms with Gasteiger partial charge in [0.15, 0.2) is 5.65 Å². The summed E-state index contributed by atoms with van der Waals surface area (Å²) in [5.74, 6) is 0. The van der Waals surface area contributed by atoms with Crippen LogP contribution in [-0.4, -0.2) is 33.4 Å². The van der Waals surface area contributed by atoms with Gasteiger partial charge in [0.1, 0.15) is 5.60 Å². The van der Waals surface area contributed by atoms with Crippen molar-refractivity contribution in [3.8, 4) is 0 Å². The number of hydrogen-bond acceptors (Lipinski definition) is 5. The molecular weight excluding hydrogens is 272 g/mol. The van der Waals surface area contributed by atoms with Crippen LogP contribution in [0.5, 0.6) is 0 Å². The smallest absolute Gasteiger partial charge is 0.412 e. The van der Waals surface area contributed by atoms with Crippen LogP contribution < -0.4 is 5.32 Å². The minimum atomic E-state index is -0.569. The Hall–Kier alpha value is -2.15. The molecule has 2 heterocycles. The van der Waals surface area contributed by atoms with Gasteiger partial charge in [-0.25, -0.2) is 14.3 Å². The van der Waals surface area contributed by atoms with Gasteiger partial charge in [0.05, 0.1) is 29.9 Å². The van der Waals surface area contributed by atoms with E-state index in [-0.39, 0.29) is 6.10 Å². The molecule has 21 heavy (non-hydrogen) atoms. The molecule has 2 aromatic rings. The molecule has 0 fully saturated rings. The van der Waals surface area contributed by atoms with Crippen LogP contribution in [0.25, 0.3) is 5.65 Å². The molecule has 0 aliphatic rings. The minimum Gasteiger partial charge on any atom is -0.444 e. The van der Waals surface area contributed by atoms with E-state index in [1.807, 2.05) is 6.92 Å². The van der Waals surface area contributed by atoms with E-state index in [4.69, 9.17) is 9.47 Å². The lowest BCUT2D eigenvalue weighted by atomic mass is 10.2. The molecule has 0 unspecified atom stereocenters. The molecule has 1 amide bonds. The van der Waals surface area contributed by atoms with E-state index in [1.165, 1.54) is 0 Å². The lowest BCUT2D eigenvalue weighted by molar-refractivity contribution is 0.0634. The number of fused-ring (bicyclic) bond motifs is 1. The van der Waals surface area contributed by atoms with Crippen LogP contribution in [0.3, 0.4) is 0 Å². The Kier molecular flexibility index (Phi) is 4.13. The Morgan fingerprint density at radius 1 is 1.43 bits per heavy atom. The van der Waals surface area contributed by atoms with Gasteiger partial charge >= 0.3 is 6.09 Å². The van der Waals surface area contributed by atoms with E-state index in [9.17, 15) is 4.79 Å². The topological polar surface area (TPSA) is 77.8 Å². The summed E-state index contributed by atoms with van der Waals surface area (Å²) in [4.78, 5) is 16.2. The largest absolute Gasteiger partial charge is 0.444 e. The van der Waals surface area contributed by atoms with Crippen LogP contribution in [0.2, 0.25) is 0 Å². The lowest BCUT2D eigenvalue weighted by Crippen LogP contribution is -2.28. The van der Waals surface area contributed by atoms with Crippen LogP contribution in [0, 0.1) is 0 Å². The first-order valence-corrected chi connectivity index (χ1v) is 6.67. The fraction of sp³-hybridized carbons (Fsp3) is 0.500. The van der Waals surface area contributed by atoms with Crippen molar-refractivity contribution in [2.45, 2.75) is 39.4 Å². The number of carbonyl (C=O) groups is 1. The molecule has 0 aliphatic heterocycles. The second kappa shape index (κ2) is 5.69. The Labute approximate surface area is 123 Å². The van der Waals surface area contributed by atoms with Crippen molar-refractivity contribution in [2.24, 2.45) is 0 Å². The molecule has 0 aromatic carbocycles. The molecule has 0 saturated carbocycles. The predicted octanol–water partition coefficient (Wildman–Crippen LogP) is 2.78. The van der Waals surface area contributed by atoms with Crippen LogP contribution in [-0.2, 0) is 9.47 Å². The molecule has 2 rings (SSSR count). The molecule has 0 aliphatic carbocycles. The van der Waals surface area contributed by atoms with Crippen molar-refractivity contribution >= 4 is 17.4 Å². The van der Waals surface area contributed by atoms with Gasteiger partial charge in [-0.2, -0.15) is 5.10 Å². The maximum Gasteiger partial charge on any atom is 0.412 e. The van der Waals surface area contributed by atoms with E-state index in [0.717, 1.165) is 0 Å². The zero-order valence-corrected chi connectivity index (χ0v) is 12.9. The number of amides is 1. The van der Waals surface area contributed by atoms with E-state index < -0.39 is 11.7 Å². The Morgan fingerprint density at radius 3 is 2.76 bits per heavy atom. The number of nitrogens with one attached hydrogen (secondary N) is 1. The number of nitrogens with zero attached hydrogens (tertiary/aromatic N) is 3. The van der Waals surface area contributed by atoms with Gasteiger partial charge in [-0.05, 0) is 27.7 Å².